The lowest BCUT2D eigenvalue weighted by Crippen LogP contribution is -2.35. The third-order valence-corrected chi connectivity index (χ3v) is 6.25. The number of ketones is 1. The van der Waals surface area contributed by atoms with Crippen LogP contribution in [0.2, 0.25) is 0 Å². The minimum atomic E-state index is -0.527. The van der Waals surface area contributed by atoms with Crippen LogP contribution in [0.15, 0.2) is 58.3 Å². The van der Waals surface area contributed by atoms with Crippen molar-refractivity contribution in [2.75, 3.05) is 20.1 Å². The molecule has 2 heterocycles. The smallest absolute Gasteiger partial charge is 0.339 e. The summed E-state index contributed by atoms with van der Waals surface area (Å²) in [5.74, 6) is 0.624. The van der Waals surface area contributed by atoms with Crippen LogP contribution in [0.4, 0.5) is 0 Å². The van der Waals surface area contributed by atoms with Crippen LogP contribution < -0.4 is 10.4 Å². The number of Topliss-reactive ketones (excluding diaryl/α,β-unsaturated/α-hetero) is 1. The third-order valence-electron chi connectivity index (χ3n) is 6.25. The molecular formula is C27H29NO5. The Labute approximate surface area is 193 Å². The second-order valence-corrected chi connectivity index (χ2v) is 8.72. The molecule has 33 heavy (non-hydrogen) atoms. The van der Waals surface area contributed by atoms with Crippen molar-refractivity contribution >= 4 is 16.8 Å². The Balaban J connectivity index is 1.57. The fourth-order valence-electron chi connectivity index (χ4n) is 4.23. The van der Waals surface area contributed by atoms with Crippen LogP contribution in [0.25, 0.3) is 11.0 Å². The molecule has 1 fully saturated rings. The minimum Gasteiger partial charge on any atom is -0.508 e. The molecule has 4 rings (SSSR count). The van der Waals surface area contributed by atoms with Crippen LogP contribution in [0.5, 0.6) is 11.5 Å². The SMILES string of the molecule is C=CCc1cc(C(=O)Cc2cc3ccc(OC4CCN(C)CC4)c(C)c3oc2=O)ccc1O. The Kier molecular flexibility index (Phi) is 6.65. The van der Waals surface area contributed by atoms with E-state index in [2.05, 4.69) is 18.5 Å². The first kappa shape index (κ1) is 22.8. The van der Waals surface area contributed by atoms with Gasteiger partial charge in [0, 0.05) is 41.6 Å². The van der Waals surface area contributed by atoms with Crippen molar-refractivity contribution in [1.29, 1.82) is 0 Å². The molecule has 3 aromatic rings. The van der Waals surface area contributed by atoms with Crippen molar-refractivity contribution in [2.45, 2.75) is 38.7 Å². The number of allylic oxidation sites excluding steroid dienone is 1. The van der Waals surface area contributed by atoms with E-state index in [-0.39, 0.29) is 24.1 Å². The largest absolute Gasteiger partial charge is 0.508 e. The Morgan fingerprint density at radius 3 is 2.70 bits per heavy atom. The fraction of sp³-hybridized carbons (Fsp3) is 0.333. The molecule has 1 aliphatic rings. The maximum atomic E-state index is 12.8. The molecule has 0 radical (unpaired) electrons. The number of aryl methyl sites for hydroxylation is 1. The van der Waals surface area contributed by atoms with Gasteiger partial charge in [-0.2, -0.15) is 0 Å². The zero-order chi connectivity index (χ0) is 23.5. The zero-order valence-corrected chi connectivity index (χ0v) is 19.1. The zero-order valence-electron chi connectivity index (χ0n) is 19.1. The molecule has 1 aromatic heterocycles. The summed E-state index contributed by atoms with van der Waals surface area (Å²) >= 11 is 0. The first-order chi connectivity index (χ1) is 15.9. The Hall–Kier alpha value is -3.38. The number of nitrogens with zero attached hydrogens (tertiary/aromatic N) is 1. The van der Waals surface area contributed by atoms with Crippen molar-refractivity contribution < 1.29 is 19.1 Å². The first-order valence-corrected chi connectivity index (χ1v) is 11.2. The molecule has 6 heteroatoms. The van der Waals surface area contributed by atoms with E-state index in [1.54, 1.807) is 24.3 Å². The second-order valence-electron chi connectivity index (χ2n) is 8.72. The van der Waals surface area contributed by atoms with E-state index >= 15 is 0 Å². The van der Waals surface area contributed by atoms with Gasteiger partial charge in [0.15, 0.2) is 5.78 Å². The summed E-state index contributed by atoms with van der Waals surface area (Å²) in [6, 6.07) is 10.2. The van der Waals surface area contributed by atoms with Gasteiger partial charge in [-0.3, -0.25) is 4.79 Å². The van der Waals surface area contributed by atoms with Gasteiger partial charge in [-0.05, 0) is 75.2 Å². The van der Waals surface area contributed by atoms with E-state index in [0.717, 1.165) is 42.6 Å². The van der Waals surface area contributed by atoms with Gasteiger partial charge >= 0.3 is 5.63 Å². The summed E-state index contributed by atoms with van der Waals surface area (Å²) in [6.45, 7) is 7.55. The molecule has 0 atom stereocenters. The average Bonchev–Trinajstić information content (AvgIpc) is 2.80. The van der Waals surface area contributed by atoms with Crippen molar-refractivity contribution in [3.05, 3.63) is 81.7 Å². The van der Waals surface area contributed by atoms with Gasteiger partial charge in [0.1, 0.15) is 23.2 Å². The number of hydrogen-bond donors (Lipinski definition) is 1. The first-order valence-electron chi connectivity index (χ1n) is 11.2. The molecular weight excluding hydrogens is 418 g/mol. The Morgan fingerprint density at radius 2 is 1.97 bits per heavy atom. The number of hydrogen-bond acceptors (Lipinski definition) is 6. The van der Waals surface area contributed by atoms with Gasteiger partial charge in [0.05, 0.1) is 0 Å². The number of ether oxygens (including phenoxy) is 1. The molecule has 0 spiro atoms. The molecule has 1 N–H and O–H groups in total. The highest BCUT2D eigenvalue weighted by atomic mass is 16.5. The highest BCUT2D eigenvalue weighted by molar-refractivity contribution is 5.98. The summed E-state index contributed by atoms with van der Waals surface area (Å²) in [4.78, 5) is 27.8. The highest BCUT2D eigenvalue weighted by Gasteiger charge is 2.20. The van der Waals surface area contributed by atoms with Crippen LogP contribution in [0.3, 0.4) is 0 Å². The van der Waals surface area contributed by atoms with E-state index in [1.807, 2.05) is 19.1 Å². The number of likely N-dealkylation sites (tertiary alicyclic amines) is 1. The van der Waals surface area contributed by atoms with E-state index in [9.17, 15) is 14.7 Å². The van der Waals surface area contributed by atoms with Gasteiger partial charge in [-0.1, -0.05) is 6.08 Å². The summed E-state index contributed by atoms with van der Waals surface area (Å²) in [6.07, 6.45) is 4.11. The molecule has 1 aliphatic heterocycles. The topological polar surface area (TPSA) is 80.0 Å². The normalized spacial score (nSPS) is 15.0. The van der Waals surface area contributed by atoms with Crippen molar-refractivity contribution in [1.82, 2.24) is 4.90 Å². The number of phenols is 1. The molecule has 0 saturated carbocycles. The van der Waals surface area contributed by atoms with Crippen molar-refractivity contribution in [3.63, 3.8) is 0 Å². The fourth-order valence-corrected chi connectivity index (χ4v) is 4.23. The van der Waals surface area contributed by atoms with Crippen LogP contribution in [-0.2, 0) is 12.8 Å². The number of carbonyl (C=O) groups is 1. The number of carbonyl (C=O) groups excluding carboxylic acids is 1. The molecule has 0 unspecified atom stereocenters. The Bertz CT molecular complexity index is 1250. The lowest BCUT2D eigenvalue weighted by Gasteiger charge is -2.29. The van der Waals surface area contributed by atoms with E-state index in [4.69, 9.17) is 9.15 Å². The third kappa shape index (κ3) is 5.01. The van der Waals surface area contributed by atoms with Crippen LogP contribution in [0, 0.1) is 6.92 Å². The number of fused-ring (bicyclic) bond motifs is 1. The Morgan fingerprint density at radius 1 is 1.21 bits per heavy atom. The van der Waals surface area contributed by atoms with Gasteiger partial charge in [-0.25, -0.2) is 4.79 Å². The van der Waals surface area contributed by atoms with E-state index < -0.39 is 5.63 Å². The number of benzene rings is 2. The van der Waals surface area contributed by atoms with Crippen LogP contribution in [-0.4, -0.2) is 42.0 Å². The molecule has 0 amide bonds. The predicted octanol–water partition coefficient (Wildman–Crippen LogP) is 4.43. The standard InChI is InChI=1S/C27H29NO5/c1-4-5-18-14-19(6-8-23(18)29)24(30)16-21-15-20-7-9-25(17(2)26(20)33-27(21)31)32-22-10-12-28(3)13-11-22/h4,6-9,14-15,22,29H,1,5,10-13,16H2,2-3H3. The number of rotatable bonds is 7. The monoisotopic (exact) mass is 447 g/mol. The lowest BCUT2D eigenvalue weighted by atomic mass is 9.99. The molecule has 172 valence electrons. The highest BCUT2D eigenvalue weighted by Crippen LogP contribution is 2.29. The quantitative estimate of drug-likeness (QED) is 0.328. The van der Waals surface area contributed by atoms with Crippen LogP contribution >= 0.6 is 0 Å². The predicted molar refractivity (Wildman–Crippen MR) is 128 cm³/mol. The molecule has 6 nitrogen and oxygen atoms in total. The summed E-state index contributed by atoms with van der Waals surface area (Å²) in [5, 5.41) is 10.7. The van der Waals surface area contributed by atoms with Gasteiger partial charge in [-0.15, -0.1) is 6.58 Å². The maximum absolute atomic E-state index is 12.8. The minimum absolute atomic E-state index is 0.0799. The molecule has 1 saturated heterocycles. The van der Waals surface area contributed by atoms with E-state index in [0.29, 0.717) is 28.7 Å². The number of piperidine rings is 1. The summed E-state index contributed by atoms with van der Waals surface area (Å²) < 4.78 is 11.8. The second kappa shape index (κ2) is 9.63. The van der Waals surface area contributed by atoms with Crippen molar-refractivity contribution in [2.24, 2.45) is 0 Å². The lowest BCUT2D eigenvalue weighted by molar-refractivity contribution is 0.0991. The molecule has 0 aliphatic carbocycles. The maximum Gasteiger partial charge on any atom is 0.339 e. The average molecular weight is 448 g/mol. The number of aromatic hydroxyl groups is 1. The molecule has 2 aromatic carbocycles. The summed E-state index contributed by atoms with van der Waals surface area (Å²) in [5.41, 5.74) is 2.10. The van der Waals surface area contributed by atoms with Gasteiger partial charge in [0.2, 0.25) is 0 Å². The van der Waals surface area contributed by atoms with Gasteiger partial charge < -0.3 is 19.2 Å². The van der Waals surface area contributed by atoms with Crippen molar-refractivity contribution in [3.8, 4) is 11.5 Å². The molecule has 0 bridgehead atoms. The number of phenolic OH excluding ortho intramolecular Hbond substituents is 1. The van der Waals surface area contributed by atoms with Crippen LogP contribution in [0.1, 0.15) is 39.9 Å². The summed E-state index contributed by atoms with van der Waals surface area (Å²) in [7, 11) is 2.11. The van der Waals surface area contributed by atoms with E-state index in [1.165, 1.54) is 6.07 Å². The van der Waals surface area contributed by atoms with Gasteiger partial charge in [0.25, 0.3) is 0 Å².